The van der Waals surface area contributed by atoms with Crippen LogP contribution in [0, 0.1) is 0 Å². The Morgan fingerprint density at radius 1 is 1.33 bits per heavy atom. The number of sulfone groups is 1. The Labute approximate surface area is 182 Å². The molecule has 0 N–H and O–H groups in total. The first-order valence-corrected chi connectivity index (χ1v) is 12.5. The van der Waals surface area contributed by atoms with Gasteiger partial charge in [-0.1, -0.05) is 11.6 Å². The Bertz CT molecular complexity index is 1080. The van der Waals surface area contributed by atoms with Crippen molar-refractivity contribution in [3.8, 4) is 0 Å². The number of aryl methyl sites for hydroxylation is 1. The summed E-state index contributed by atoms with van der Waals surface area (Å²) >= 11 is 6.26. The second-order valence-electron chi connectivity index (χ2n) is 8.62. The molecule has 9 heteroatoms. The molecule has 0 bridgehead atoms. The molecule has 1 aromatic heterocycles. The molecule has 2 aliphatic heterocycles. The van der Waals surface area contributed by atoms with E-state index in [4.69, 9.17) is 11.6 Å². The number of hydrogen-bond donors (Lipinski definition) is 0. The van der Waals surface area contributed by atoms with E-state index in [1.54, 1.807) is 15.8 Å². The predicted octanol–water partition coefficient (Wildman–Crippen LogP) is 2.48. The summed E-state index contributed by atoms with van der Waals surface area (Å²) in [5.41, 5.74) is 2.54. The minimum absolute atomic E-state index is 0.0777. The van der Waals surface area contributed by atoms with Gasteiger partial charge in [0, 0.05) is 54.9 Å². The molecule has 7 nitrogen and oxygen atoms in total. The number of anilines is 1. The first kappa shape index (κ1) is 21.3. The maximum absolute atomic E-state index is 13.2. The lowest BCUT2D eigenvalue weighted by atomic mass is 9.71. The smallest absolute Gasteiger partial charge is 0.237 e. The SMILES string of the molecule is CC1CC2(CCN1Cc1cnn(CCS(C)(=O)=O)c1)C(=O)N(C)c1ccc(Cl)cc12. The number of nitrogens with zero attached hydrogens (tertiary/aromatic N) is 4. The van der Waals surface area contributed by atoms with E-state index in [2.05, 4.69) is 16.9 Å². The van der Waals surface area contributed by atoms with Crippen molar-refractivity contribution < 1.29 is 13.2 Å². The van der Waals surface area contributed by atoms with E-state index in [1.165, 1.54) is 6.26 Å². The summed E-state index contributed by atoms with van der Waals surface area (Å²) < 4.78 is 24.4. The van der Waals surface area contributed by atoms with Gasteiger partial charge < -0.3 is 4.90 Å². The average Bonchev–Trinajstić information content (AvgIpc) is 3.20. The van der Waals surface area contributed by atoms with Crippen LogP contribution < -0.4 is 4.90 Å². The summed E-state index contributed by atoms with van der Waals surface area (Å²) in [5.74, 6) is 0.230. The number of halogens is 1. The van der Waals surface area contributed by atoms with E-state index in [-0.39, 0.29) is 17.7 Å². The summed E-state index contributed by atoms with van der Waals surface area (Å²) in [7, 11) is -1.18. The first-order valence-electron chi connectivity index (χ1n) is 10.1. The van der Waals surface area contributed by atoms with Crippen LogP contribution in [0.3, 0.4) is 0 Å². The number of amides is 1. The van der Waals surface area contributed by atoms with Gasteiger partial charge in [0.15, 0.2) is 0 Å². The van der Waals surface area contributed by atoms with Crippen molar-refractivity contribution in [3.05, 3.63) is 46.7 Å². The fourth-order valence-electron chi connectivity index (χ4n) is 4.80. The molecule has 3 heterocycles. The zero-order valence-electron chi connectivity index (χ0n) is 17.5. The fourth-order valence-corrected chi connectivity index (χ4v) is 5.49. The average molecular weight is 451 g/mol. The van der Waals surface area contributed by atoms with Gasteiger partial charge in [-0.15, -0.1) is 0 Å². The van der Waals surface area contributed by atoms with Gasteiger partial charge in [0.1, 0.15) is 9.84 Å². The lowest BCUT2D eigenvalue weighted by Gasteiger charge is -2.42. The standard InChI is InChI=1S/C21H27ClN4O3S/c1-15-11-21(18-10-17(22)4-5-19(18)24(2)20(21)27)6-7-25(15)13-16-12-23-26(14-16)8-9-30(3,28)29/h4-5,10,12,14-15H,6-9,11,13H2,1-3H3. The first-order chi connectivity index (χ1) is 14.1. The third kappa shape index (κ3) is 3.88. The number of likely N-dealkylation sites (N-methyl/N-ethyl adjacent to an activating group) is 1. The van der Waals surface area contributed by atoms with Gasteiger partial charge in [0.2, 0.25) is 5.91 Å². The maximum Gasteiger partial charge on any atom is 0.237 e. The molecule has 1 fully saturated rings. The predicted molar refractivity (Wildman–Crippen MR) is 118 cm³/mol. The van der Waals surface area contributed by atoms with Crippen LogP contribution >= 0.6 is 11.6 Å². The van der Waals surface area contributed by atoms with E-state index in [9.17, 15) is 13.2 Å². The highest BCUT2D eigenvalue weighted by Crippen LogP contribution is 2.49. The van der Waals surface area contributed by atoms with Crippen LogP contribution in [0.25, 0.3) is 0 Å². The lowest BCUT2D eigenvalue weighted by molar-refractivity contribution is -0.125. The van der Waals surface area contributed by atoms with E-state index >= 15 is 0 Å². The molecule has 0 saturated carbocycles. The molecule has 1 aromatic carbocycles. The molecule has 2 atom stereocenters. The van der Waals surface area contributed by atoms with Crippen LogP contribution in [-0.2, 0) is 33.1 Å². The van der Waals surface area contributed by atoms with Crippen molar-refractivity contribution in [1.82, 2.24) is 14.7 Å². The summed E-state index contributed by atoms with van der Waals surface area (Å²) in [6, 6.07) is 5.93. The third-order valence-electron chi connectivity index (χ3n) is 6.41. The molecular formula is C21H27ClN4O3S. The van der Waals surface area contributed by atoms with Crippen molar-refractivity contribution in [2.45, 2.75) is 44.3 Å². The van der Waals surface area contributed by atoms with Crippen molar-refractivity contribution in [1.29, 1.82) is 0 Å². The third-order valence-corrected chi connectivity index (χ3v) is 7.57. The largest absolute Gasteiger partial charge is 0.314 e. The normalized spacial score (nSPS) is 24.6. The molecule has 1 saturated heterocycles. The number of piperidine rings is 1. The number of likely N-dealkylation sites (tertiary alicyclic amines) is 1. The summed E-state index contributed by atoms with van der Waals surface area (Å²) in [6.07, 6.45) is 6.42. The van der Waals surface area contributed by atoms with Gasteiger partial charge in [0.05, 0.1) is 23.9 Å². The number of aromatic nitrogens is 2. The van der Waals surface area contributed by atoms with Crippen LogP contribution in [0.15, 0.2) is 30.6 Å². The molecule has 4 rings (SSSR count). The van der Waals surface area contributed by atoms with Crippen molar-refractivity contribution in [3.63, 3.8) is 0 Å². The Morgan fingerprint density at radius 3 is 2.80 bits per heavy atom. The van der Waals surface area contributed by atoms with Gasteiger partial charge in [-0.05, 0) is 43.5 Å². The molecule has 0 aliphatic carbocycles. The van der Waals surface area contributed by atoms with Gasteiger partial charge >= 0.3 is 0 Å². The second-order valence-corrected chi connectivity index (χ2v) is 11.3. The van der Waals surface area contributed by atoms with Crippen LogP contribution in [0.5, 0.6) is 0 Å². The molecule has 1 amide bonds. The van der Waals surface area contributed by atoms with Crippen molar-refractivity contribution in [2.24, 2.45) is 0 Å². The highest BCUT2D eigenvalue weighted by molar-refractivity contribution is 7.90. The number of rotatable bonds is 5. The zero-order valence-corrected chi connectivity index (χ0v) is 19.1. The Kier molecular flexibility index (Phi) is 5.45. The van der Waals surface area contributed by atoms with Crippen LogP contribution in [0.1, 0.15) is 30.9 Å². The fraction of sp³-hybridized carbons (Fsp3) is 0.524. The number of carbonyl (C=O) groups is 1. The monoisotopic (exact) mass is 450 g/mol. The second kappa shape index (κ2) is 7.66. The molecule has 162 valence electrons. The van der Waals surface area contributed by atoms with E-state index < -0.39 is 15.3 Å². The van der Waals surface area contributed by atoms with E-state index in [0.29, 0.717) is 11.6 Å². The van der Waals surface area contributed by atoms with E-state index in [0.717, 1.165) is 42.7 Å². The Morgan fingerprint density at radius 2 is 2.10 bits per heavy atom. The van der Waals surface area contributed by atoms with Crippen LogP contribution in [0.4, 0.5) is 5.69 Å². The Hall–Kier alpha value is -1.90. The highest BCUT2D eigenvalue weighted by atomic mass is 35.5. The summed E-state index contributed by atoms with van der Waals surface area (Å²) in [5, 5.41) is 4.95. The van der Waals surface area contributed by atoms with Crippen LogP contribution in [0.2, 0.25) is 5.02 Å². The van der Waals surface area contributed by atoms with Gasteiger partial charge in [-0.25, -0.2) is 8.42 Å². The highest BCUT2D eigenvalue weighted by Gasteiger charge is 2.52. The number of benzene rings is 1. The van der Waals surface area contributed by atoms with Gasteiger partial charge in [-0.3, -0.25) is 14.4 Å². The molecule has 2 aromatic rings. The van der Waals surface area contributed by atoms with E-state index in [1.807, 2.05) is 31.4 Å². The number of hydrogen-bond acceptors (Lipinski definition) is 5. The van der Waals surface area contributed by atoms with Gasteiger partial charge in [0.25, 0.3) is 0 Å². The molecule has 1 spiro atoms. The summed E-state index contributed by atoms with van der Waals surface area (Å²) in [4.78, 5) is 17.3. The molecule has 0 radical (unpaired) electrons. The zero-order chi connectivity index (χ0) is 21.7. The topological polar surface area (TPSA) is 75.5 Å². The molecule has 2 unspecified atom stereocenters. The van der Waals surface area contributed by atoms with Crippen LogP contribution in [-0.4, -0.2) is 60.6 Å². The lowest BCUT2D eigenvalue weighted by Crippen LogP contribution is -2.51. The minimum Gasteiger partial charge on any atom is -0.314 e. The number of fused-ring (bicyclic) bond motifs is 2. The summed E-state index contributed by atoms with van der Waals surface area (Å²) in [6.45, 7) is 4.03. The quantitative estimate of drug-likeness (QED) is 0.699. The van der Waals surface area contributed by atoms with Crippen molar-refractivity contribution in [2.75, 3.05) is 30.5 Å². The molecule has 30 heavy (non-hydrogen) atoms. The molecular weight excluding hydrogens is 424 g/mol. The maximum atomic E-state index is 13.2. The minimum atomic E-state index is -3.02. The van der Waals surface area contributed by atoms with Gasteiger partial charge in [-0.2, -0.15) is 5.10 Å². The number of carbonyl (C=O) groups excluding carboxylic acids is 1. The molecule has 2 aliphatic rings. The van der Waals surface area contributed by atoms with Crippen molar-refractivity contribution >= 4 is 33.0 Å². The Balaban J connectivity index is 1.48.